The third kappa shape index (κ3) is 3.38. The molecule has 0 amide bonds. The van der Waals surface area contributed by atoms with E-state index < -0.39 is 16.2 Å². The van der Waals surface area contributed by atoms with E-state index in [9.17, 15) is 19.7 Å². The molecule has 0 bridgehead atoms. The van der Waals surface area contributed by atoms with Gasteiger partial charge in [0, 0.05) is 18.2 Å². The van der Waals surface area contributed by atoms with Gasteiger partial charge in [0.15, 0.2) is 0 Å². The molecule has 0 fully saturated rings. The van der Waals surface area contributed by atoms with Gasteiger partial charge < -0.3 is 0 Å². The van der Waals surface area contributed by atoms with Crippen molar-refractivity contribution < 1.29 is 4.92 Å². The molecule has 2 rings (SSSR count). The maximum absolute atomic E-state index is 11.0. The summed E-state index contributed by atoms with van der Waals surface area (Å²) >= 11 is 0. The Morgan fingerprint density at radius 3 is 2.50 bits per heavy atom. The van der Waals surface area contributed by atoms with E-state index in [0.717, 1.165) is 6.07 Å². The van der Waals surface area contributed by atoms with E-state index in [0.29, 0.717) is 5.56 Å². The van der Waals surface area contributed by atoms with Gasteiger partial charge in [-0.3, -0.25) is 30.3 Å². The predicted molar refractivity (Wildman–Crippen MR) is 72.0 cm³/mol. The lowest BCUT2D eigenvalue weighted by atomic mass is 10.2. The van der Waals surface area contributed by atoms with Crippen LogP contribution in [0.25, 0.3) is 0 Å². The van der Waals surface area contributed by atoms with Crippen LogP contribution in [-0.2, 0) is 0 Å². The highest BCUT2D eigenvalue weighted by atomic mass is 16.6. The molecule has 9 nitrogen and oxygen atoms in total. The average molecular weight is 275 g/mol. The van der Waals surface area contributed by atoms with E-state index in [4.69, 9.17) is 0 Å². The summed E-state index contributed by atoms with van der Waals surface area (Å²) < 4.78 is 0. The average Bonchev–Trinajstić information content (AvgIpc) is 2.38. The van der Waals surface area contributed by atoms with Gasteiger partial charge in [-0.1, -0.05) is 0 Å². The molecule has 3 N–H and O–H groups in total. The Balaban J connectivity index is 2.08. The van der Waals surface area contributed by atoms with Crippen LogP contribution < -0.4 is 16.7 Å². The summed E-state index contributed by atoms with van der Waals surface area (Å²) in [6, 6.07) is 6.86. The molecule has 0 unspecified atom stereocenters. The monoisotopic (exact) mass is 275 g/mol. The highest BCUT2D eigenvalue weighted by Gasteiger charge is 2.02. The quantitative estimate of drug-likeness (QED) is 0.422. The fourth-order valence-electron chi connectivity index (χ4n) is 1.39. The van der Waals surface area contributed by atoms with Gasteiger partial charge in [0.05, 0.1) is 11.1 Å². The van der Waals surface area contributed by atoms with Crippen LogP contribution in [0.15, 0.2) is 45.0 Å². The largest absolute Gasteiger partial charge is 0.327 e. The van der Waals surface area contributed by atoms with Crippen LogP contribution in [0.2, 0.25) is 0 Å². The number of nitrogens with one attached hydrogen (secondary N) is 3. The number of non-ortho nitro benzene ring substituents is 1. The number of nitrogens with zero attached hydrogens (tertiary/aromatic N) is 2. The molecule has 0 spiro atoms. The van der Waals surface area contributed by atoms with E-state index in [1.54, 1.807) is 0 Å². The Bertz CT molecular complexity index is 731. The second kappa shape index (κ2) is 5.61. The molecule has 1 aromatic heterocycles. The van der Waals surface area contributed by atoms with Crippen molar-refractivity contribution in [2.45, 2.75) is 0 Å². The van der Waals surface area contributed by atoms with Crippen LogP contribution in [-0.4, -0.2) is 21.1 Å². The van der Waals surface area contributed by atoms with Crippen molar-refractivity contribution in [2.24, 2.45) is 5.10 Å². The zero-order valence-electron chi connectivity index (χ0n) is 9.99. The first-order valence-electron chi connectivity index (χ1n) is 5.42. The van der Waals surface area contributed by atoms with Crippen LogP contribution in [0.4, 0.5) is 11.5 Å². The highest BCUT2D eigenvalue weighted by Crippen LogP contribution is 2.10. The summed E-state index contributed by atoms with van der Waals surface area (Å²) in [5.74, 6) is 0.136. The van der Waals surface area contributed by atoms with Crippen LogP contribution in [0.1, 0.15) is 5.56 Å². The first-order chi connectivity index (χ1) is 9.54. The van der Waals surface area contributed by atoms with Crippen molar-refractivity contribution >= 4 is 17.7 Å². The standard InChI is InChI=1S/C11H9N5O4/c17-10-5-9(13-11(18)14-10)15-12-6-7-1-3-8(4-2-7)16(19)20/h1-6H,(H3,13,14,15,17,18)/b12-6-. The molecule has 0 radical (unpaired) electrons. The minimum atomic E-state index is -0.648. The normalized spacial score (nSPS) is 10.6. The van der Waals surface area contributed by atoms with Gasteiger partial charge in [-0.05, 0) is 17.7 Å². The van der Waals surface area contributed by atoms with Gasteiger partial charge in [0.2, 0.25) is 0 Å². The highest BCUT2D eigenvalue weighted by molar-refractivity contribution is 5.80. The predicted octanol–water partition coefficient (Wildman–Crippen LogP) is 0.417. The van der Waals surface area contributed by atoms with Crippen LogP contribution in [0.5, 0.6) is 0 Å². The van der Waals surface area contributed by atoms with E-state index in [1.165, 1.54) is 30.5 Å². The van der Waals surface area contributed by atoms with Crippen molar-refractivity contribution in [1.29, 1.82) is 0 Å². The molecule has 0 aliphatic heterocycles. The number of nitro benzene ring substituents is 1. The third-order valence-electron chi connectivity index (χ3n) is 2.26. The molecule has 1 heterocycles. The van der Waals surface area contributed by atoms with E-state index in [2.05, 4.69) is 15.5 Å². The Labute approximate surface area is 111 Å². The molecule has 20 heavy (non-hydrogen) atoms. The summed E-state index contributed by atoms with van der Waals surface area (Å²) in [6.45, 7) is 0. The topological polar surface area (TPSA) is 133 Å². The number of aromatic nitrogens is 2. The summed E-state index contributed by atoms with van der Waals surface area (Å²) in [5.41, 5.74) is 1.87. The summed E-state index contributed by atoms with van der Waals surface area (Å²) in [7, 11) is 0. The molecule has 0 atom stereocenters. The minimum absolute atomic E-state index is 0.0194. The molecule has 2 aromatic rings. The molecule has 0 saturated heterocycles. The lowest BCUT2D eigenvalue weighted by Gasteiger charge is -1.98. The van der Waals surface area contributed by atoms with Gasteiger partial charge in [-0.2, -0.15) is 5.10 Å². The maximum Gasteiger partial charge on any atom is 0.327 e. The number of benzene rings is 1. The molecular weight excluding hydrogens is 266 g/mol. The SMILES string of the molecule is O=c1cc(N/N=C\c2ccc([N+](=O)[O-])cc2)[nH]c(=O)[nH]1. The van der Waals surface area contributed by atoms with Gasteiger partial charge in [-0.25, -0.2) is 4.79 Å². The van der Waals surface area contributed by atoms with Crippen molar-refractivity contribution in [3.8, 4) is 0 Å². The Morgan fingerprint density at radius 2 is 1.90 bits per heavy atom. The Hall–Kier alpha value is -3.23. The fraction of sp³-hybridized carbons (Fsp3) is 0. The van der Waals surface area contributed by atoms with E-state index >= 15 is 0 Å². The maximum atomic E-state index is 11.0. The van der Waals surface area contributed by atoms with Crippen LogP contribution in [0, 0.1) is 10.1 Å². The first kappa shape index (κ1) is 13.2. The molecule has 9 heteroatoms. The van der Waals surface area contributed by atoms with Gasteiger partial charge in [0.1, 0.15) is 5.82 Å². The lowest BCUT2D eigenvalue weighted by Crippen LogP contribution is -2.22. The molecular formula is C11H9N5O4. The summed E-state index contributed by atoms with van der Waals surface area (Å²) in [5, 5.41) is 14.3. The van der Waals surface area contributed by atoms with E-state index in [-0.39, 0.29) is 11.5 Å². The molecule has 0 aliphatic carbocycles. The second-order valence-electron chi connectivity index (χ2n) is 3.72. The van der Waals surface area contributed by atoms with Crippen molar-refractivity contribution in [2.75, 3.05) is 5.43 Å². The van der Waals surface area contributed by atoms with Crippen LogP contribution in [0.3, 0.4) is 0 Å². The molecule has 0 saturated carbocycles. The number of hydrogen-bond donors (Lipinski definition) is 3. The number of hydrogen-bond acceptors (Lipinski definition) is 6. The van der Waals surface area contributed by atoms with Crippen LogP contribution >= 0.6 is 0 Å². The molecule has 1 aromatic carbocycles. The smallest absolute Gasteiger partial charge is 0.292 e. The number of hydrazone groups is 1. The van der Waals surface area contributed by atoms with Crippen molar-refractivity contribution in [1.82, 2.24) is 9.97 Å². The fourth-order valence-corrected chi connectivity index (χ4v) is 1.39. The molecule has 0 aliphatic rings. The second-order valence-corrected chi connectivity index (χ2v) is 3.72. The van der Waals surface area contributed by atoms with E-state index in [1.807, 2.05) is 4.98 Å². The van der Waals surface area contributed by atoms with Gasteiger partial charge in [0.25, 0.3) is 11.2 Å². The number of nitro groups is 1. The summed E-state index contributed by atoms with van der Waals surface area (Å²) in [6.07, 6.45) is 1.39. The minimum Gasteiger partial charge on any atom is -0.292 e. The summed E-state index contributed by atoms with van der Waals surface area (Å²) in [4.78, 5) is 36.3. The van der Waals surface area contributed by atoms with Gasteiger partial charge >= 0.3 is 5.69 Å². The zero-order chi connectivity index (χ0) is 14.5. The first-order valence-corrected chi connectivity index (χ1v) is 5.42. The van der Waals surface area contributed by atoms with Crippen molar-refractivity contribution in [3.63, 3.8) is 0 Å². The van der Waals surface area contributed by atoms with Crippen molar-refractivity contribution in [3.05, 3.63) is 66.8 Å². The Morgan fingerprint density at radius 1 is 1.20 bits per heavy atom. The number of H-pyrrole nitrogens is 2. The van der Waals surface area contributed by atoms with Gasteiger partial charge in [-0.15, -0.1) is 0 Å². The Kier molecular flexibility index (Phi) is 3.70. The third-order valence-corrected chi connectivity index (χ3v) is 2.26. The number of rotatable bonds is 4. The number of anilines is 1. The number of aromatic amines is 2. The molecule has 102 valence electrons. The lowest BCUT2D eigenvalue weighted by molar-refractivity contribution is -0.384. The zero-order valence-corrected chi connectivity index (χ0v) is 9.99.